The lowest BCUT2D eigenvalue weighted by molar-refractivity contribution is -0.117. The van der Waals surface area contributed by atoms with Gasteiger partial charge in [-0.25, -0.2) is 23.5 Å². The molecule has 4 rings (SSSR count). The fourth-order valence-corrected chi connectivity index (χ4v) is 3.14. The van der Waals surface area contributed by atoms with Gasteiger partial charge in [-0.1, -0.05) is 12.1 Å². The molecule has 1 aromatic carbocycles. The van der Waals surface area contributed by atoms with Crippen molar-refractivity contribution in [1.82, 2.24) is 9.97 Å². The Morgan fingerprint density at radius 2 is 1.93 bits per heavy atom. The fraction of sp³-hybridized carbons (Fsp3) is 0.238. The smallest absolute Gasteiger partial charge is 0.359 e. The number of nitrogens with one attached hydrogen (secondary N) is 1. The minimum atomic E-state index is -1.07. The first-order valence-corrected chi connectivity index (χ1v) is 8.97. The van der Waals surface area contributed by atoms with Gasteiger partial charge in [-0.3, -0.25) is 4.79 Å². The van der Waals surface area contributed by atoms with Crippen molar-refractivity contribution in [2.24, 2.45) is 5.92 Å². The highest BCUT2D eigenvalue weighted by atomic mass is 19.1. The van der Waals surface area contributed by atoms with Gasteiger partial charge in [0.1, 0.15) is 12.0 Å². The van der Waals surface area contributed by atoms with E-state index >= 15 is 0 Å². The summed E-state index contributed by atoms with van der Waals surface area (Å²) in [5.41, 5.74) is 1.16. The Morgan fingerprint density at radius 3 is 2.62 bits per heavy atom. The summed E-state index contributed by atoms with van der Waals surface area (Å²) in [6, 6.07) is 7.10. The molecule has 0 unspecified atom stereocenters. The number of carbonyl (C=O) groups is 2. The first kappa shape index (κ1) is 18.9. The van der Waals surface area contributed by atoms with Crippen molar-refractivity contribution in [3.8, 4) is 11.1 Å². The highest BCUT2D eigenvalue weighted by molar-refractivity contribution is 5.96. The molecule has 3 aromatic rings. The number of fused-ring (bicyclic) bond motifs is 1. The third kappa shape index (κ3) is 3.53. The molecular formula is C21H17F2N3O3. The maximum Gasteiger partial charge on any atom is 0.359 e. The zero-order chi connectivity index (χ0) is 20.7. The number of anilines is 1. The van der Waals surface area contributed by atoms with Gasteiger partial charge in [-0.15, -0.1) is 0 Å². The van der Waals surface area contributed by atoms with E-state index in [1.54, 1.807) is 25.3 Å². The second-order valence-corrected chi connectivity index (χ2v) is 6.93. The molecule has 148 valence electrons. The maximum absolute atomic E-state index is 14.5. The number of esters is 1. The van der Waals surface area contributed by atoms with Crippen LogP contribution in [0.3, 0.4) is 0 Å². The third-order valence-electron chi connectivity index (χ3n) is 4.98. The average molecular weight is 397 g/mol. The molecular weight excluding hydrogens is 380 g/mol. The Hall–Kier alpha value is -3.42. The lowest BCUT2D eigenvalue weighted by Crippen LogP contribution is -2.15. The van der Waals surface area contributed by atoms with E-state index in [0.717, 1.165) is 10.8 Å². The zero-order valence-corrected chi connectivity index (χ0v) is 15.7. The van der Waals surface area contributed by atoms with Crippen molar-refractivity contribution >= 4 is 28.5 Å². The SMILES string of the molecule is COC(=O)c1ncc(-c2ccc3cc(NC(=O)[C@@H]4C[C@@H]4F)ncc3c2)c(C)c1F. The van der Waals surface area contributed by atoms with Gasteiger partial charge in [0.15, 0.2) is 11.5 Å². The third-order valence-corrected chi connectivity index (χ3v) is 4.98. The first-order valence-electron chi connectivity index (χ1n) is 8.97. The standard InChI is InChI=1S/C21H17F2N3O3/c1-10-15(9-25-19(18(10)23)21(28)29-2)12-4-3-11-6-17(24-8-13(11)5-12)26-20(27)14-7-16(14)22/h3-6,8-9,14,16H,7H2,1-2H3,(H,24,26,27)/t14-,16+/m1/s1. The van der Waals surface area contributed by atoms with Gasteiger partial charge in [-0.2, -0.15) is 0 Å². The molecule has 0 saturated heterocycles. The molecule has 1 N–H and O–H groups in total. The van der Waals surface area contributed by atoms with Gasteiger partial charge in [-0.05, 0) is 42.0 Å². The van der Waals surface area contributed by atoms with Gasteiger partial charge in [0.05, 0.1) is 13.0 Å². The topological polar surface area (TPSA) is 81.2 Å². The van der Waals surface area contributed by atoms with E-state index in [4.69, 9.17) is 0 Å². The predicted molar refractivity (Wildman–Crippen MR) is 103 cm³/mol. The Kier molecular flexibility index (Phi) is 4.70. The molecule has 2 atom stereocenters. The minimum absolute atomic E-state index is 0.251. The molecule has 0 aliphatic heterocycles. The fourth-order valence-electron chi connectivity index (χ4n) is 3.14. The second kappa shape index (κ2) is 7.20. The molecule has 1 fully saturated rings. The monoisotopic (exact) mass is 397 g/mol. The number of hydrogen-bond donors (Lipinski definition) is 1. The van der Waals surface area contributed by atoms with Crippen LogP contribution in [0.15, 0.2) is 36.7 Å². The van der Waals surface area contributed by atoms with Crippen molar-refractivity contribution in [2.75, 3.05) is 12.4 Å². The Morgan fingerprint density at radius 1 is 1.17 bits per heavy atom. The van der Waals surface area contributed by atoms with E-state index in [9.17, 15) is 18.4 Å². The van der Waals surface area contributed by atoms with E-state index in [1.807, 2.05) is 12.1 Å². The van der Waals surface area contributed by atoms with Crippen LogP contribution in [0.4, 0.5) is 14.6 Å². The summed E-state index contributed by atoms with van der Waals surface area (Å²) in [7, 11) is 1.17. The maximum atomic E-state index is 14.5. The lowest BCUT2D eigenvalue weighted by Gasteiger charge is -2.11. The molecule has 2 aromatic heterocycles. The molecule has 1 amide bonds. The molecule has 8 heteroatoms. The number of aromatic nitrogens is 2. The summed E-state index contributed by atoms with van der Waals surface area (Å²) >= 11 is 0. The Labute approximate surface area is 164 Å². The number of alkyl halides is 1. The van der Waals surface area contributed by atoms with E-state index < -0.39 is 23.9 Å². The molecule has 29 heavy (non-hydrogen) atoms. The average Bonchev–Trinajstić information content (AvgIpc) is 3.46. The number of carbonyl (C=O) groups excluding carboxylic acids is 2. The van der Waals surface area contributed by atoms with E-state index in [1.165, 1.54) is 13.3 Å². The van der Waals surface area contributed by atoms with E-state index in [0.29, 0.717) is 16.9 Å². The first-order chi connectivity index (χ1) is 13.9. The molecule has 0 spiro atoms. The summed E-state index contributed by atoms with van der Waals surface area (Å²) in [6.45, 7) is 1.57. The number of amides is 1. The quantitative estimate of drug-likeness (QED) is 0.677. The van der Waals surface area contributed by atoms with E-state index in [-0.39, 0.29) is 23.6 Å². The van der Waals surface area contributed by atoms with E-state index in [2.05, 4.69) is 20.0 Å². The number of halogens is 2. The number of pyridine rings is 2. The minimum Gasteiger partial charge on any atom is -0.464 e. The van der Waals surface area contributed by atoms with Crippen LogP contribution in [-0.4, -0.2) is 35.1 Å². The molecule has 1 saturated carbocycles. The van der Waals surface area contributed by atoms with Crippen LogP contribution in [0.1, 0.15) is 22.5 Å². The highest BCUT2D eigenvalue weighted by Gasteiger charge is 2.43. The summed E-state index contributed by atoms with van der Waals surface area (Å²) in [6.07, 6.45) is 2.19. The molecule has 1 aliphatic rings. The second-order valence-electron chi connectivity index (χ2n) is 6.93. The summed E-state index contributed by atoms with van der Waals surface area (Å²) in [5, 5.41) is 4.20. The van der Waals surface area contributed by atoms with Gasteiger partial charge in [0.2, 0.25) is 5.91 Å². The van der Waals surface area contributed by atoms with Crippen LogP contribution < -0.4 is 5.32 Å². The number of rotatable bonds is 4. The Balaban J connectivity index is 1.64. The zero-order valence-electron chi connectivity index (χ0n) is 15.7. The van der Waals surface area contributed by atoms with Crippen LogP contribution in [0, 0.1) is 18.7 Å². The molecule has 0 radical (unpaired) electrons. The van der Waals surface area contributed by atoms with Crippen LogP contribution in [0.2, 0.25) is 0 Å². The van der Waals surface area contributed by atoms with Crippen LogP contribution in [0.25, 0.3) is 21.9 Å². The van der Waals surface area contributed by atoms with Crippen molar-refractivity contribution in [3.63, 3.8) is 0 Å². The van der Waals surface area contributed by atoms with Gasteiger partial charge in [0, 0.05) is 23.3 Å². The number of hydrogen-bond acceptors (Lipinski definition) is 5. The normalized spacial score (nSPS) is 17.8. The largest absolute Gasteiger partial charge is 0.464 e. The van der Waals surface area contributed by atoms with Crippen LogP contribution in [-0.2, 0) is 9.53 Å². The lowest BCUT2D eigenvalue weighted by atomic mass is 9.99. The van der Waals surface area contributed by atoms with Gasteiger partial charge in [0.25, 0.3) is 0 Å². The van der Waals surface area contributed by atoms with Crippen molar-refractivity contribution in [2.45, 2.75) is 19.5 Å². The summed E-state index contributed by atoms with van der Waals surface area (Å²) in [4.78, 5) is 31.6. The molecule has 2 heterocycles. The molecule has 6 nitrogen and oxygen atoms in total. The molecule has 1 aliphatic carbocycles. The van der Waals surface area contributed by atoms with Crippen LogP contribution in [0.5, 0.6) is 0 Å². The predicted octanol–water partition coefficient (Wildman–Crippen LogP) is 3.83. The summed E-state index contributed by atoms with van der Waals surface area (Å²) in [5.74, 6) is -2.17. The number of methoxy groups -OCH3 is 1. The summed E-state index contributed by atoms with van der Waals surface area (Å²) < 4.78 is 32.1. The Bertz CT molecular complexity index is 1150. The van der Waals surface area contributed by atoms with Crippen molar-refractivity contribution < 1.29 is 23.1 Å². The van der Waals surface area contributed by atoms with Crippen molar-refractivity contribution in [3.05, 3.63) is 53.7 Å². The highest BCUT2D eigenvalue weighted by Crippen LogP contribution is 2.35. The van der Waals surface area contributed by atoms with Gasteiger partial charge >= 0.3 is 5.97 Å². The van der Waals surface area contributed by atoms with Crippen LogP contribution >= 0.6 is 0 Å². The number of benzene rings is 1. The number of ether oxygens (including phenoxy) is 1. The van der Waals surface area contributed by atoms with Gasteiger partial charge < -0.3 is 10.1 Å². The number of nitrogens with zero attached hydrogens (tertiary/aromatic N) is 2. The van der Waals surface area contributed by atoms with Crippen molar-refractivity contribution in [1.29, 1.82) is 0 Å². The molecule has 0 bridgehead atoms.